The highest BCUT2D eigenvalue weighted by molar-refractivity contribution is 5.65. The lowest BCUT2D eigenvalue weighted by Crippen LogP contribution is -2.04. The number of rotatable bonds is 4. The molecule has 0 unspecified atom stereocenters. The second-order valence-corrected chi connectivity index (χ2v) is 6.36. The van der Waals surface area contributed by atoms with Crippen molar-refractivity contribution in [3.05, 3.63) is 84.4 Å². The second kappa shape index (κ2) is 6.90. The Morgan fingerprint density at radius 1 is 1.00 bits per heavy atom. The van der Waals surface area contributed by atoms with Crippen LogP contribution < -0.4 is 0 Å². The number of benzene rings is 2. The number of fused-ring (bicyclic) bond motifs is 1. The average Bonchev–Trinajstić information content (AvgIpc) is 3.37. The van der Waals surface area contributed by atoms with E-state index in [1.165, 1.54) is 18.3 Å². The fourth-order valence-electron chi connectivity index (χ4n) is 2.99. The van der Waals surface area contributed by atoms with Gasteiger partial charge >= 0.3 is 0 Å². The smallest absolute Gasteiger partial charge is 0.169 e. The van der Waals surface area contributed by atoms with Crippen molar-refractivity contribution in [2.45, 2.75) is 6.54 Å². The fourth-order valence-corrected chi connectivity index (χ4v) is 2.99. The largest absolute Gasteiger partial charge is 0.359 e. The molecule has 5 rings (SSSR count). The predicted molar refractivity (Wildman–Crippen MR) is 99.7 cm³/mol. The molecule has 0 amide bonds. The molecule has 8 heteroatoms. The first-order valence-corrected chi connectivity index (χ1v) is 8.74. The molecular weight excluding hydrogens is 376 g/mol. The molecule has 2 aliphatic heterocycles. The van der Waals surface area contributed by atoms with Crippen LogP contribution in [0.1, 0.15) is 5.76 Å². The van der Waals surface area contributed by atoms with E-state index in [4.69, 9.17) is 4.52 Å². The molecule has 2 aliphatic rings. The molecule has 3 heterocycles. The molecule has 0 bridgehead atoms. The Morgan fingerprint density at radius 2 is 1.83 bits per heavy atom. The van der Waals surface area contributed by atoms with E-state index >= 15 is 0 Å². The normalized spacial score (nSPS) is 11.2. The molecule has 0 spiro atoms. The van der Waals surface area contributed by atoms with E-state index in [0.29, 0.717) is 29.4 Å². The highest BCUT2D eigenvalue weighted by Gasteiger charge is 2.18. The summed E-state index contributed by atoms with van der Waals surface area (Å²) in [7, 11) is 0. The maximum atomic E-state index is 14.0. The zero-order chi connectivity index (χ0) is 19.8. The highest BCUT2D eigenvalue weighted by atomic mass is 19.2. The number of hydrogen-bond acceptors (Lipinski definition) is 5. The maximum Gasteiger partial charge on any atom is 0.169 e. The second-order valence-electron chi connectivity index (χ2n) is 6.36. The molecule has 0 N–H and O–H groups in total. The van der Waals surface area contributed by atoms with Gasteiger partial charge in [0.1, 0.15) is 23.6 Å². The van der Waals surface area contributed by atoms with Gasteiger partial charge in [-0.15, -0.1) is 0 Å². The van der Waals surface area contributed by atoms with Gasteiger partial charge in [0, 0.05) is 11.6 Å². The van der Waals surface area contributed by atoms with Crippen LogP contribution in [-0.2, 0) is 6.54 Å². The summed E-state index contributed by atoms with van der Waals surface area (Å²) in [4.78, 5) is 8.56. The van der Waals surface area contributed by atoms with Crippen molar-refractivity contribution in [2.75, 3.05) is 0 Å². The van der Waals surface area contributed by atoms with Crippen molar-refractivity contribution < 1.29 is 13.3 Å². The third-order valence-electron chi connectivity index (χ3n) is 4.40. The summed E-state index contributed by atoms with van der Waals surface area (Å²) in [5.74, 6) is -1.20. The van der Waals surface area contributed by atoms with Crippen LogP contribution in [0.25, 0.3) is 34.0 Å². The number of imidazole rings is 1. The highest BCUT2D eigenvalue weighted by Crippen LogP contribution is 2.27. The van der Waals surface area contributed by atoms with E-state index in [-0.39, 0.29) is 11.4 Å². The van der Waals surface area contributed by atoms with Gasteiger partial charge in [0.05, 0.1) is 18.0 Å². The first-order chi connectivity index (χ1) is 14.2. The van der Waals surface area contributed by atoms with Gasteiger partial charge in [0.2, 0.25) is 0 Å². The third kappa shape index (κ3) is 3.25. The quantitative estimate of drug-likeness (QED) is 0.461. The molecule has 0 saturated carbocycles. The Labute approximate surface area is 163 Å². The zero-order valence-corrected chi connectivity index (χ0v) is 14.9. The van der Waals surface area contributed by atoms with Crippen LogP contribution in [-0.4, -0.2) is 24.9 Å². The molecular formula is C21H12F2N5O. The molecule has 3 aromatic rings. The summed E-state index contributed by atoms with van der Waals surface area (Å²) >= 11 is 0. The number of halogens is 2. The van der Waals surface area contributed by atoms with Gasteiger partial charge in [-0.1, -0.05) is 35.5 Å². The van der Waals surface area contributed by atoms with Gasteiger partial charge in [-0.2, -0.15) is 5.10 Å². The number of hydrogen-bond donors (Lipinski definition) is 0. The lowest BCUT2D eigenvalue weighted by atomic mass is 10.1. The van der Waals surface area contributed by atoms with Crippen LogP contribution >= 0.6 is 0 Å². The summed E-state index contributed by atoms with van der Waals surface area (Å²) in [6.07, 6.45) is 3.19. The zero-order valence-electron chi connectivity index (χ0n) is 14.9. The van der Waals surface area contributed by atoms with Gasteiger partial charge in [0.25, 0.3) is 0 Å². The molecule has 141 valence electrons. The lowest BCUT2D eigenvalue weighted by Gasteiger charge is -2.03. The fraction of sp³-hybridized carbons (Fsp3) is 0.0476. The van der Waals surface area contributed by atoms with Crippen LogP contribution in [0.4, 0.5) is 8.78 Å². The van der Waals surface area contributed by atoms with Crippen LogP contribution in [0, 0.1) is 17.7 Å². The number of nitrogens with zero attached hydrogens (tertiary/aromatic N) is 5. The first kappa shape index (κ1) is 17.2. The molecule has 6 nitrogen and oxygen atoms in total. The van der Waals surface area contributed by atoms with E-state index in [2.05, 4.69) is 26.3 Å². The van der Waals surface area contributed by atoms with Crippen molar-refractivity contribution in [1.29, 1.82) is 0 Å². The SMILES string of the molecule is Fc1cccc(-c2nc3cnn(Cc4cc(-c5cc[c]cc5)no4)cc-3n2)c1F. The third-order valence-corrected chi connectivity index (χ3v) is 4.40. The molecule has 1 radical (unpaired) electrons. The Balaban J connectivity index is 1.43. The standard InChI is InChI=1S/C21H12F2N5O/c22-16-8-4-7-15(20(16)23)21-25-18-10-24-28(12-19(18)26-21)11-14-9-17(27-29-14)13-5-2-1-3-6-13/h2-10,12H,11H2. The molecule has 29 heavy (non-hydrogen) atoms. The minimum absolute atomic E-state index is 0.00716. The molecule has 1 aromatic heterocycles. The average molecular weight is 388 g/mol. The molecule has 0 fully saturated rings. The van der Waals surface area contributed by atoms with Crippen LogP contribution in [0.5, 0.6) is 0 Å². The summed E-state index contributed by atoms with van der Waals surface area (Å²) in [6, 6.07) is 16.1. The Hall–Kier alpha value is -3.94. The maximum absolute atomic E-state index is 14.0. The summed E-state index contributed by atoms with van der Waals surface area (Å²) < 4.78 is 34.5. The van der Waals surface area contributed by atoms with E-state index in [1.54, 1.807) is 23.0 Å². The topological polar surface area (TPSA) is 69.6 Å². The van der Waals surface area contributed by atoms with Crippen LogP contribution in [0.3, 0.4) is 0 Å². The van der Waals surface area contributed by atoms with Crippen molar-refractivity contribution in [3.63, 3.8) is 0 Å². The van der Waals surface area contributed by atoms with Gasteiger partial charge in [-0.25, -0.2) is 18.7 Å². The Bertz CT molecular complexity index is 1270. The van der Waals surface area contributed by atoms with Crippen molar-refractivity contribution in [3.8, 4) is 34.0 Å². The molecule has 0 saturated heterocycles. The molecule has 2 aromatic carbocycles. The predicted octanol–water partition coefficient (Wildman–Crippen LogP) is 4.23. The number of aromatic nitrogens is 5. The van der Waals surface area contributed by atoms with Gasteiger partial charge < -0.3 is 4.52 Å². The lowest BCUT2D eigenvalue weighted by molar-refractivity contribution is 0.372. The Morgan fingerprint density at radius 3 is 2.69 bits per heavy atom. The Kier molecular flexibility index (Phi) is 4.09. The van der Waals surface area contributed by atoms with E-state index in [0.717, 1.165) is 11.6 Å². The monoisotopic (exact) mass is 388 g/mol. The van der Waals surface area contributed by atoms with Crippen LogP contribution in [0.2, 0.25) is 0 Å². The first-order valence-electron chi connectivity index (χ1n) is 8.74. The van der Waals surface area contributed by atoms with E-state index < -0.39 is 11.6 Å². The van der Waals surface area contributed by atoms with Gasteiger partial charge in [-0.3, -0.25) is 4.68 Å². The summed E-state index contributed by atoms with van der Waals surface area (Å²) in [6.45, 7) is 0.332. The van der Waals surface area contributed by atoms with Crippen LogP contribution in [0.15, 0.2) is 65.4 Å². The van der Waals surface area contributed by atoms with Crippen molar-refractivity contribution in [2.24, 2.45) is 0 Å². The minimum atomic E-state index is -0.976. The minimum Gasteiger partial charge on any atom is -0.359 e. The summed E-state index contributed by atoms with van der Waals surface area (Å²) in [5.41, 5.74) is 2.65. The van der Waals surface area contributed by atoms with Crippen molar-refractivity contribution in [1.82, 2.24) is 24.9 Å². The molecule has 0 aliphatic carbocycles. The van der Waals surface area contributed by atoms with E-state index in [9.17, 15) is 8.78 Å². The van der Waals surface area contributed by atoms with E-state index in [1.807, 2.05) is 18.2 Å². The van der Waals surface area contributed by atoms with Gasteiger partial charge in [0.15, 0.2) is 23.2 Å². The summed E-state index contributed by atoms with van der Waals surface area (Å²) in [5, 5.41) is 8.36. The molecule has 0 atom stereocenters. The van der Waals surface area contributed by atoms with Gasteiger partial charge in [-0.05, 0) is 18.2 Å². The van der Waals surface area contributed by atoms with Crippen molar-refractivity contribution >= 4 is 0 Å².